The second-order valence-corrected chi connectivity index (χ2v) is 7.11. The molecule has 0 atom stereocenters. The van der Waals surface area contributed by atoms with E-state index in [1.165, 1.54) is 0 Å². The molecule has 0 saturated heterocycles. The molecule has 1 aromatic carbocycles. The number of rotatable bonds is 3. The second-order valence-electron chi connectivity index (χ2n) is 4.82. The predicted molar refractivity (Wildman–Crippen MR) is 95.4 cm³/mol. The molecule has 0 saturated carbocycles. The lowest BCUT2D eigenvalue weighted by Crippen LogP contribution is -2.09. The van der Waals surface area contributed by atoms with Crippen molar-refractivity contribution in [1.82, 2.24) is 14.5 Å². The number of nitrogens with one attached hydrogen (secondary N) is 1. The third-order valence-corrected chi connectivity index (χ3v) is 3.72. The van der Waals surface area contributed by atoms with Gasteiger partial charge in [-0.15, -0.1) is 0 Å². The number of benzene rings is 1. The van der Waals surface area contributed by atoms with Crippen LogP contribution in [0.3, 0.4) is 0 Å². The highest BCUT2D eigenvalue weighted by Crippen LogP contribution is 2.37. The normalized spacial score (nSPS) is 12.2. The average molecular weight is 369 g/mol. The first-order valence-electron chi connectivity index (χ1n) is 6.69. The second kappa shape index (κ2) is 6.35. The molecule has 118 valence electrons. The van der Waals surface area contributed by atoms with Crippen LogP contribution in [0.15, 0.2) is 47.7 Å². The number of halogens is 3. The van der Waals surface area contributed by atoms with Crippen LogP contribution in [0.25, 0.3) is 10.9 Å². The quantitative estimate of drug-likeness (QED) is 0.427. The summed E-state index contributed by atoms with van der Waals surface area (Å²) >= 11 is 17.7. The summed E-state index contributed by atoms with van der Waals surface area (Å²) in [4.78, 5) is 8.55. The highest BCUT2D eigenvalue weighted by atomic mass is 35.6. The molecular weight excluding hydrogens is 357 g/mol. The number of hydrogen-bond acceptors (Lipinski definition) is 4. The van der Waals surface area contributed by atoms with Crippen molar-refractivity contribution in [2.75, 3.05) is 5.43 Å². The topological polar surface area (TPSA) is 55.1 Å². The molecule has 3 rings (SSSR count). The van der Waals surface area contributed by atoms with Gasteiger partial charge in [-0.05, 0) is 24.3 Å². The first-order chi connectivity index (χ1) is 10.9. The van der Waals surface area contributed by atoms with Crippen molar-refractivity contribution >= 4 is 57.7 Å². The molecule has 0 aliphatic carbocycles. The summed E-state index contributed by atoms with van der Waals surface area (Å²) in [5.74, 6) is 0.570. The summed E-state index contributed by atoms with van der Waals surface area (Å²) in [7, 11) is 1.93. The zero-order chi connectivity index (χ0) is 16.4. The van der Waals surface area contributed by atoms with Gasteiger partial charge in [-0.2, -0.15) is 5.10 Å². The molecule has 2 aromatic heterocycles. The van der Waals surface area contributed by atoms with Gasteiger partial charge >= 0.3 is 0 Å². The molecule has 0 fully saturated rings. The van der Waals surface area contributed by atoms with Gasteiger partial charge in [0.25, 0.3) is 0 Å². The number of hydrogen-bond donors (Lipinski definition) is 1. The molecule has 23 heavy (non-hydrogen) atoms. The molecule has 3 aromatic rings. The lowest BCUT2D eigenvalue weighted by Gasteiger charge is -2.12. The smallest absolute Gasteiger partial charge is 0.250 e. The van der Waals surface area contributed by atoms with Crippen molar-refractivity contribution in [2.45, 2.75) is 3.79 Å². The highest BCUT2D eigenvalue weighted by Gasteiger charge is 2.28. The van der Waals surface area contributed by atoms with Crippen molar-refractivity contribution in [3.63, 3.8) is 0 Å². The third kappa shape index (κ3) is 3.58. The SMILES string of the molecule is Cn1cccc1/C=N/Nc1nc(C(Cl)(Cl)Cl)nc2ccccc12. The van der Waals surface area contributed by atoms with Crippen molar-refractivity contribution in [3.05, 3.63) is 54.1 Å². The lowest BCUT2D eigenvalue weighted by molar-refractivity contribution is 0.917. The minimum Gasteiger partial charge on any atom is -0.350 e. The van der Waals surface area contributed by atoms with Crippen LogP contribution in [0.1, 0.15) is 11.5 Å². The first kappa shape index (κ1) is 16.1. The predicted octanol–water partition coefficient (Wildman–Crippen LogP) is 4.24. The van der Waals surface area contributed by atoms with E-state index in [-0.39, 0.29) is 5.82 Å². The van der Waals surface area contributed by atoms with E-state index in [1.54, 1.807) is 6.21 Å². The fourth-order valence-corrected chi connectivity index (χ4v) is 2.31. The van der Waals surface area contributed by atoms with Crippen molar-refractivity contribution in [1.29, 1.82) is 0 Å². The maximum atomic E-state index is 5.90. The molecule has 0 unspecified atom stereocenters. The van der Waals surface area contributed by atoms with Gasteiger partial charge in [0, 0.05) is 18.6 Å². The number of nitrogens with zero attached hydrogens (tertiary/aromatic N) is 4. The Morgan fingerprint density at radius 3 is 2.61 bits per heavy atom. The van der Waals surface area contributed by atoms with Gasteiger partial charge in [-0.1, -0.05) is 46.9 Å². The number of aromatic nitrogens is 3. The van der Waals surface area contributed by atoms with Crippen molar-refractivity contribution in [3.8, 4) is 0 Å². The van der Waals surface area contributed by atoms with Crippen LogP contribution in [0.2, 0.25) is 0 Å². The van der Waals surface area contributed by atoms with E-state index in [9.17, 15) is 0 Å². The number of hydrazone groups is 1. The van der Waals surface area contributed by atoms with Gasteiger partial charge < -0.3 is 4.57 Å². The molecule has 0 aliphatic heterocycles. The average Bonchev–Trinajstić information content (AvgIpc) is 2.91. The monoisotopic (exact) mass is 367 g/mol. The fourth-order valence-electron chi connectivity index (χ4n) is 2.06. The number of fused-ring (bicyclic) bond motifs is 1. The molecule has 0 bridgehead atoms. The van der Waals surface area contributed by atoms with Crippen LogP contribution in [-0.4, -0.2) is 20.7 Å². The summed E-state index contributed by atoms with van der Waals surface area (Å²) in [5.41, 5.74) is 4.50. The van der Waals surface area contributed by atoms with Gasteiger partial charge in [0.05, 0.1) is 17.4 Å². The summed E-state index contributed by atoms with van der Waals surface area (Å²) in [5, 5.41) is 4.99. The molecule has 0 aliphatic rings. The summed E-state index contributed by atoms with van der Waals surface area (Å²) < 4.78 is 0.234. The van der Waals surface area contributed by atoms with Gasteiger partial charge in [0.2, 0.25) is 3.79 Å². The van der Waals surface area contributed by atoms with Crippen LogP contribution in [0.4, 0.5) is 5.82 Å². The van der Waals surface area contributed by atoms with Gasteiger partial charge in [-0.25, -0.2) is 9.97 Å². The van der Waals surface area contributed by atoms with E-state index in [0.29, 0.717) is 11.3 Å². The van der Waals surface area contributed by atoms with Crippen LogP contribution in [0, 0.1) is 0 Å². The number of para-hydroxylation sites is 1. The van der Waals surface area contributed by atoms with E-state index in [4.69, 9.17) is 34.8 Å². The van der Waals surface area contributed by atoms with Gasteiger partial charge in [-0.3, -0.25) is 5.43 Å². The molecule has 0 amide bonds. The van der Waals surface area contributed by atoms with Crippen molar-refractivity contribution in [2.24, 2.45) is 12.1 Å². The van der Waals surface area contributed by atoms with Crippen LogP contribution in [0.5, 0.6) is 0 Å². The van der Waals surface area contributed by atoms with Gasteiger partial charge in [0.1, 0.15) is 0 Å². The van der Waals surface area contributed by atoms with Crippen LogP contribution < -0.4 is 5.43 Å². The van der Waals surface area contributed by atoms with Crippen LogP contribution in [-0.2, 0) is 10.8 Å². The highest BCUT2D eigenvalue weighted by molar-refractivity contribution is 6.66. The Kier molecular flexibility index (Phi) is 4.43. The molecule has 1 N–H and O–H groups in total. The Morgan fingerprint density at radius 2 is 1.91 bits per heavy atom. The Labute approximate surface area is 147 Å². The zero-order valence-electron chi connectivity index (χ0n) is 12.0. The Hall–Kier alpha value is -1.82. The molecule has 2 heterocycles. The summed E-state index contributed by atoms with van der Waals surface area (Å²) in [6.45, 7) is 0. The minimum atomic E-state index is -1.71. The largest absolute Gasteiger partial charge is 0.350 e. The van der Waals surface area contributed by atoms with Gasteiger partial charge in [0.15, 0.2) is 11.6 Å². The number of alkyl halides is 3. The molecule has 5 nitrogen and oxygen atoms in total. The van der Waals surface area contributed by atoms with E-state index >= 15 is 0 Å². The van der Waals surface area contributed by atoms with Crippen molar-refractivity contribution < 1.29 is 0 Å². The summed E-state index contributed by atoms with van der Waals surface area (Å²) in [6.07, 6.45) is 3.62. The fraction of sp³-hybridized carbons (Fsp3) is 0.133. The van der Waals surface area contributed by atoms with E-state index in [1.807, 2.05) is 54.2 Å². The maximum absolute atomic E-state index is 5.90. The molecule has 8 heteroatoms. The van der Waals surface area contributed by atoms with E-state index in [2.05, 4.69) is 20.5 Å². The van der Waals surface area contributed by atoms with Crippen LogP contribution >= 0.6 is 34.8 Å². The molecule has 0 spiro atoms. The Morgan fingerprint density at radius 1 is 1.13 bits per heavy atom. The van der Waals surface area contributed by atoms with E-state index < -0.39 is 3.79 Å². The maximum Gasteiger partial charge on any atom is 0.250 e. The summed E-state index contributed by atoms with van der Waals surface area (Å²) in [6, 6.07) is 11.3. The first-order valence-corrected chi connectivity index (χ1v) is 7.83. The zero-order valence-corrected chi connectivity index (χ0v) is 14.3. The lowest BCUT2D eigenvalue weighted by atomic mass is 10.2. The van der Waals surface area contributed by atoms with E-state index in [0.717, 1.165) is 11.1 Å². The Bertz CT molecular complexity index is 867. The molecule has 0 radical (unpaired) electrons. The number of aryl methyl sites for hydroxylation is 1. The molecular formula is C15H12Cl3N5. The third-order valence-electron chi connectivity index (χ3n) is 3.21. The number of anilines is 1. The Balaban J connectivity index is 1.98. The standard InChI is InChI=1S/C15H12Cl3N5/c1-23-8-4-5-10(23)9-19-22-13-11-6-2-3-7-12(11)20-14(21-13)15(16,17)18/h2-9H,1H3,(H,20,21,22)/b19-9+. The minimum absolute atomic E-state index is 0.0952.